The highest BCUT2D eigenvalue weighted by molar-refractivity contribution is 5.83. The summed E-state index contributed by atoms with van der Waals surface area (Å²) in [5, 5.41) is 0. The molecule has 4 heteroatoms. The molecule has 0 spiro atoms. The number of imidazole rings is 1. The van der Waals surface area contributed by atoms with Gasteiger partial charge in [-0.2, -0.15) is 0 Å². The lowest BCUT2D eigenvalue weighted by Crippen LogP contribution is -1.91. The highest BCUT2D eigenvalue weighted by Crippen LogP contribution is 2.27. The maximum absolute atomic E-state index is 13.7. The molecule has 0 bridgehead atoms. The van der Waals surface area contributed by atoms with Gasteiger partial charge in [0.05, 0.1) is 16.6 Å². The van der Waals surface area contributed by atoms with Crippen LogP contribution in [-0.2, 0) is 0 Å². The van der Waals surface area contributed by atoms with E-state index in [0.29, 0.717) is 0 Å². The molecule has 0 saturated carbocycles. The Bertz CT molecular complexity index is 755. The molecule has 1 aromatic heterocycles. The second kappa shape index (κ2) is 4.16. The molecular formula is C15H12F2N2. The molecule has 2 aromatic carbocycles. The van der Waals surface area contributed by atoms with Crippen molar-refractivity contribution in [3.05, 3.63) is 53.1 Å². The Kier molecular flexibility index (Phi) is 2.59. The predicted molar refractivity (Wildman–Crippen MR) is 70.9 cm³/mol. The quantitative estimate of drug-likeness (QED) is 0.698. The maximum atomic E-state index is 13.7. The van der Waals surface area contributed by atoms with Gasteiger partial charge in [-0.1, -0.05) is 12.1 Å². The Morgan fingerprint density at radius 2 is 1.74 bits per heavy atom. The number of H-pyrrole nitrogens is 1. The fourth-order valence-corrected chi connectivity index (χ4v) is 2.31. The zero-order chi connectivity index (χ0) is 13.6. The SMILES string of the molecule is Cc1cc(C)c2nc(-c3c(F)cccc3F)[nH]c2c1. The molecule has 19 heavy (non-hydrogen) atoms. The van der Waals surface area contributed by atoms with Crippen LogP contribution in [0.3, 0.4) is 0 Å². The first-order chi connectivity index (χ1) is 9.06. The van der Waals surface area contributed by atoms with Gasteiger partial charge < -0.3 is 4.98 Å². The molecule has 1 heterocycles. The Morgan fingerprint density at radius 1 is 1.05 bits per heavy atom. The molecule has 0 amide bonds. The van der Waals surface area contributed by atoms with Crippen LogP contribution in [0.4, 0.5) is 8.78 Å². The van der Waals surface area contributed by atoms with Gasteiger partial charge >= 0.3 is 0 Å². The van der Waals surface area contributed by atoms with E-state index in [1.807, 2.05) is 26.0 Å². The van der Waals surface area contributed by atoms with Crippen LogP contribution in [0.2, 0.25) is 0 Å². The molecule has 3 rings (SSSR count). The molecule has 96 valence electrons. The first kappa shape index (κ1) is 11.8. The summed E-state index contributed by atoms with van der Waals surface area (Å²) in [5.74, 6) is -1.01. The number of nitrogens with one attached hydrogen (secondary N) is 1. The van der Waals surface area contributed by atoms with E-state index in [4.69, 9.17) is 0 Å². The van der Waals surface area contributed by atoms with Crippen molar-refractivity contribution in [2.24, 2.45) is 0 Å². The van der Waals surface area contributed by atoms with Crippen LogP contribution in [0, 0.1) is 25.5 Å². The lowest BCUT2D eigenvalue weighted by molar-refractivity contribution is 0.588. The average molecular weight is 258 g/mol. The zero-order valence-corrected chi connectivity index (χ0v) is 10.6. The van der Waals surface area contributed by atoms with Crippen molar-refractivity contribution in [3.63, 3.8) is 0 Å². The molecule has 0 saturated heterocycles. The minimum atomic E-state index is -0.617. The van der Waals surface area contributed by atoms with Gasteiger partial charge in [-0.05, 0) is 43.2 Å². The Morgan fingerprint density at radius 3 is 2.42 bits per heavy atom. The van der Waals surface area contributed by atoms with Crippen LogP contribution < -0.4 is 0 Å². The molecule has 0 aliphatic heterocycles. The Balaban J connectivity index is 2.30. The van der Waals surface area contributed by atoms with E-state index in [-0.39, 0.29) is 11.4 Å². The van der Waals surface area contributed by atoms with Gasteiger partial charge in [0.15, 0.2) is 0 Å². The minimum Gasteiger partial charge on any atom is -0.338 e. The van der Waals surface area contributed by atoms with Crippen molar-refractivity contribution in [2.75, 3.05) is 0 Å². The molecule has 2 nitrogen and oxygen atoms in total. The van der Waals surface area contributed by atoms with Gasteiger partial charge in [-0.15, -0.1) is 0 Å². The van der Waals surface area contributed by atoms with Crippen LogP contribution in [0.1, 0.15) is 11.1 Å². The summed E-state index contributed by atoms with van der Waals surface area (Å²) in [6.45, 7) is 3.90. The molecule has 3 aromatic rings. The molecule has 0 atom stereocenters. The minimum absolute atomic E-state index is 0.115. The fourth-order valence-electron chi connectivity index (χ4n) is 2.31. The number of aryl methyl sites for hydroxylation is 2. The summed E-state index contributed by atoms with van der Waals surface area (Å²) >= 11 is 0. The normalized spacial score (nSPS) is 11.2. The fraction of sp³-hybridized carbons (Fsp3) is 0.133. The lowest BCUT2D eigenvalue weighted by Gasteiger charge is -2.00. The topological polar surface area (TPSA) is 28.7 Å². The van der Waals surface area contributed by atoms with E-state index in [1.165, 1.54) is 18.2 Å². The predicted octanol–water partition coefficient (Wildman–Crippen LogP) is 4.12. The van der Waals surface area contributed by atoms with E-state index in [1.54, 1.807) is 0 Å². The summed E-state index contributed by atoms with van der Waals surface area (Å²) < 4.78 is 27.5. The van der Waals surface area contributed by atoms with Gasteiger partial charge in [0.1, 0.15) is 17.5 Å². The molecule has 1 N–H and O–H groups in total. The number of fused-ring (bicyclic) bond motifs is 1. The smallest absolute Gasteiger partial charge is 0.144 e. The van der Waals surface area contributed by atoms with E-state index in [2.05, 4.69) is 9.97 Å². The van der Waals surface area contributed by atoms with E-state index in [9.17, 15) is 8.78 Å². The van der Waals surface area contributed by atoms with Crippen molar-refractivity contribution in [2.45, 2.75) is 13.8 Å². The number of halogens is 2. The summed E-state index contributed by atoms with van der Waals surface area (Å²) in [6.07, 6.45) is 0. The highest BCUT2D eigenvalue weighted by Gasteiger charge is 2.15. The average Bonchev–Trinajstić information content (AvgIpc) is 2.72. The molecule has 0 aliphatic carbocycles. The Labute approximate surface area is 109 Å². The number of nitrogens with zero attached hydrogens (tertiary/aromatic N) is 1. The summed E-state index contributed by atoms with van der Waals surface area (Å²) in [5.41, 5.74) is 3.47. The number of aromatic nitrogens is 2. The van der Waals surface area contributed by atoms with Crippen molar-refractivity contribution >= 4 is 11.0 Å². The van der Waals surface area contributed by atoms with Crippen LogP contribution in [-0.4, -0.2) is 9.97 Å². The maximum Gasteiger partial charge on any atom is 0.144 e. The van der Waals surface area contributed by atoms with E-state index in [0.717, 1.165) is 22.2 Å². The van der Waals surface area contributed by atoms with Gasteiger partial charge in [0, 0.05) is 0 Å². The van der Waals surface area contributed by atoms with Crippen molar-refractivity contribution in [1.82, 2.24) is 9.97 Å². The second-order valence-corrected chi connectivity index (χ2v) is 4.66. The monoisotopic (exact) mass is 258 g/mol. The summed E-state index contributed by atoms with van der Waals surface area (Å²) in [4.78, 5) is 7.29. The zero-order valence-electron chi connectivity index (χ0n) is 10.6. The highest BCUT2D eigenvalue weighted by atomic mass is 19.1. The van der Waals surface area contributed by atoms with Crippen molar-refractivity contribution in [3.8, 4) is 11.4 Å². The van der Waals surface area contributed by atoms with Crippen molar-refractivity contribution < 1.29 is 8.78 Å². The number of hydrogen-bond acceptors (Lipinski definition) is 1. The number of hydrogen-bond donors (Lipinski definition) is 1. The third-order valence-corrected chi connectivity index (χ3v) is 3.12. The van der Waals surface area contributed by atoms with E-state index < -0.39 is 11.6 Å². The first-order valence-electron chi connectivity index (χ1n) is 5.97. The summed E-state index contributed by atoms with van der Waals surface area (Å²) in [6, 6.07) is 7.70. The number of rotatable bonds is 1. The second-order valence-electron chi connectivity index (χ2n) is 4.66. The first-order valence-corrected chi connectivity index (χ1v) is 5.97. The van der Waals surface area contributed by atoms with Crippen LogP contribution in [0.25, 0.3) is 22.4 Å². The molecule has 0 radical (unpaired) electrons. The molecule has 0 aliphatic rings. The van der Waals surface area contributed by atoms with Gasteiger partial charge in [0.2, 0.25) is 0 Å². The summed E-state index contributed by atoms with van der Waals surface area (Å²) in [7, 11) is 0. The van der Waals surface area contributed by atoms with Crippen LogP contribution in [0.5, 0.6) is 0 Å². The standard InChI is InChI=1S/C15H12F2N2/c1-8-6-9(2)14-12(7-8)18-15(19-14)13-10(16)4-3-5-11(13)17/h3-7H,1-2H3,(H,18,19). The largest absolute Gasteiger partial charge is 0.338 e. The van der Waals surface area contributed by atoms with Crippen LogP contribution in [0.15, 0.2) is 30.3 Å². The molecular weight excluding hydrogens is 246 g/mol. The van der Waals surface area contributed by atoms with Crippen LogP contribution >= 0.6 is 0 Å². The third kappa shape index (κ3) is 1.89. The number of aromatic amines is 1. The van der Waals surface area contributed by atoms with Crippen molar-refractivity contribution in [1.29, 1.82) is 0 Å². The van der Waals surface area contributed by atoms with E-state index >= 15 is 0 Å². The van der Waals surface area contributed by atoms with Gasteiger partial charge in [-0.25, -0.2) is 13.8 Å². The molecule has 0 unspecified atom stereocenters. The lowest BCUT2D eigenvalue weighted by atomic mass is 10.1. The number of benzene rings is 2. The third-order valence-electron chi connectivity index (χ3n) is 3.12. The van der Waals surface area contributed by atoms with Gasteiger partial charge in [-0.3, -0.25) is 0 Å². The van der Waals surface area contributed by atoms with Gasteiger partial charge in [0.25, 0.3) is 0 Å². The Hall–Kier alpha value is -2.23. The molecule has 0 fully saturated rings.